The van der Waals surface area contributed by atoms with Gasteiger partial charge in [-0.15, -0.1) is 0 Å². The van der Waals surface area contributed by atoms with Crippen molar-refractivity contribution in [3.8, 4) is 0 Å². The molecule has 2 aliphatic carbocycles. The van der Waals surface area contributed by atoms with Gasteiger partial charge in [0.05, 0.1) is 5.54 Å². The monoisotopic (exact) mass is 199 g/mol. The average molecular weight is 199 g/mol. The van der Waals surface area contributed by atoms with Gasteiger partial charge in [0.2, 0.25) is 0 Å². The molecule has 0 amide bonds. The Morgan fingerprint density at radius 1 is 1.33 bits per heavy atom. The molecule has 0 aromatic heterocycles. The van der Waals surface area contributed by atoms with Gasteiger partial charge in [-0.1, -0.05) is 35.4 Å². The van der Waals surface area contributed by atoms with Gasteiger partial charge < -0.3 is 0 Å². The minimum absolute atomic E-state index is 0.222. The van der Waals surface area contributed by atoms with Crippen LogP contribution in [0.5, 0.6) is 0 Å². The summed E-state index contributed by atoms with van der Waals surface area (Å²) in [5, 5.41) is 4.13. The van der Waals surface area contributed by atoms with Crippen LogP contribution in [0.25, 0.3) is 10.4 Å². The summed E-state index contributed by atoms with van der Waals surface area (Å²) >= 11 is 0. The summed E-state index contributed by atoms with van der Waals surface area (Å²) in [6.07, 6.45) is 3.49. The molecular formula is C12H13N3. The third-order valence-corrected chi connectivity index (χ3v) is 3.93. The zero-order chi connectivity index (χ0) is 10.3. The lowest BCUT2D eigenvalue weighted by atomic mass is 9.86. The van der Waals surface area contributed by atoms with Crippen LogP contribution in [0, 0.1) is 11.8 Å². The molecule has 0 radical (unpaired) electrons. The van der Waals surface area contributed by atoms with E-state index in [0.29, 0.717) is 5.92 Å². The summed E-state index contributed by atoms with van der Waals surface area (Å²) in [5.41, 5.74) is 9.73. The maximum absolute atomic E-state index is 8.75. The summed E-state index contributed by atoms with van der Waals surface area (Å²) in [6.45, 7) is 0. The predicted molar refractivity (Wildman–Crippen MR) is 58.1 cm³/mol. The molecule has 0 unspecified atom stereocenters. The first kappa shape index (κ1) is 8.81. The molecule has 3 atom stereocenters. The van der Waals surface area contributed by atoms with Gasteiger partial charge in [-0.05, 0) is 42.2 Å². The zero-order valence-corrected chi connectivity index (χ0v) is 8.50. The van der Waals surface area contributed by atoms with Gasteiger partial charge in [0, 0.05) is 4.91 Å². The highest BCUT2D eigenvalue weighted by atomic mass is 15.2. The number of nitrogens with zero attached hydrogens (tertiary/aromatic N) is 3. The number of fused-ring (bicyclic) bond motifs is 1. The number of hydrogen-bond donors (Lipinski definition) is 0. The van der Waals surface area contributed by atoms with Crippen molar-refractivity contribution >= 4 is 0 Å². The SMILES string of the molecule is [N-]=[N+]=N[C@]1(c2ccccc2)CC[C@H]2C[C@H]21. The van der Waals surface area contributed by atoms with Crippen LogP contribution in [-0.2, 0) is 5.54 Å². The van der Waals surface area contributed by atoms with Crippen molar-refractivity contribution in [1.29, 1.82) is 0 Å². The summed E-state index contributed by atoms with van der Waals surface area (Å²) in [6, 6.07) is 10.2. The van der Waals surface area contributed by atoms with E-state index in [2.05, 4.69) is 22.2 Å². The normalized spacial score (nSPS) is 36.8. The van der Waals surface area contributed by atoms with Crippen LogP contribution in [0.3, 0.4) is 0 Å². The highest BCUT2D eigenvalue weighted by molar-refractivity contribution is 5.31. The summed E-state index contributed by atoms with van der Waals surface area (Å²) in [7, 11) is 0. The molecule has 76 valence electrons. The number of benzene rings is 1. The molecule has 15 heavy (non-hydrogen) atoms. The molecule has 0 spiro atoms. The molecule has 2 saturated carbocycles. The van der Waals surface area contributed by atoms with Crippen molar-refractivity contribution in [3.63, 3.8) is 0 Å². The maximum atomic E-state index is 8.75. The molecule has 3 heteroatoms. The van der Waals surface area contributed by atoms with Gasteiger partial charge >= 0.3 is 0 Å². The van der Waals surface area contributed by atoms with E-state index in [4.69, 9.17) is 5.53 Å². The van der Waals surface area contributed by atoms with E-state index in [-0.39, 0.29) is 5.54 Å². The number of azide groups is 1. The molecule has 2 aliphatic rings. The molecule has 3 rings (SSSR count). The van der Waals surface area contributed by atoms with E-state index in [1.165, 1.54) is 18.4 Å². The fourth-order valence-corrected chi connectivity index (χ4v) is 3.09. The Balaban J connectivity index is 2.08. The fraction of sp³-hybridized carbons (Fsp3) is 0.500. The van der Waals surface area contributed by atoms with Crippen molar-refractivity contribution < 1.29 is 0 Å². The quantitative estimate of drug-likeness (QED) is 0.397. The minimum atomic E-state index is -0.222. The molecule has 0 saturated heterocycles. The topological polar surface area (TPSA) is 48.8 Å². The van der Waals surface area contributed by atoms with Crippen LogP contribution in [0.4, 0.5) is 0 Å². The standard InChI is InChI=1S/C12H13N3/c13-15-14-12(7-6-9-8-11(9)12)10-4-2-1-3-5-10/h1-5,9,11H,6-8H2/t9-,11+,12-/m0/s1. The average Bonchev–Trinajstić information content (AvgIpc) is 2.99. The Labute approximate surface area is 88.7 Å². The van der Waals surface area contributed by atoms with E-state index in [9.17, 15) is 0 Å². The third kappa shape index (κ3) is 1.17. The number of rotatable bonds is 2. The molecule has 2 fully saturated rings. The van der Waals surface area contributed by atoms with E-state index < -0.39 is 0 Å². The van der Waals surface area contributed by atoms with Crippen LogP contribution in [0.2, 0.25) is 0 Å². The molecule has 1 aromatic carbocycles. The Kier molecular flexibility index (Phi) is 1.77. The lowest BCUT2D eigenvalue weighted by Crippen LogP contribution is -2.22. The first-order valence-corrected chi connectivity index (χ1v) is 5.48. The number of hydrogen-bond acceptors (Lipinski definition) is 1. The Hall–Kier alpha value is -1.47. The first-order chi connectivity index (χ1) is 7.37. The zero-order valence-electron chi connectivity index (χ0n) is 8.50. The molecule has 0 heterocycles. The smallest absolute Gasteiger partial charge is 0.0768 e. The van der Waals surface area contributed by atoms with E-state index in [0.717, 1.165) is 12.3 Å². The highest BCUT2D eigenvalue weighted by Crippen LogP contribution is 2.63. The first-order valence-electron chi connectivity index (χ1n) is 5.48. The lowest BCUT2D eigenvalue weighted by molar-refractivity contribution is 0.398. The lowest BCUT2D eigenvalue weighted by Gasteiger charge is -2.25. The Morgan fingerprint density at radius 2 is 2.13 bits per heavy atom. The second-order valence-corrected chi connectivity index (χ2v) is 4.62. The second-order valence-electron chi connectivity index (χ2n) is 4.62. The molecule has 1 aromatic rings. The maximum Gasteiger partial charge on any atom is 0.0768 e. The van der Waals surface area contributed by atoms with Crippen LogP contribution in [0.15, 0.2) is 35.4 Å². The Bertz CT molecular complexity index is 422. The molecule has 0 bridgehead atoms. The van der Waals surface area contributed by atoms with Crippen molar-refractivity contribution in [3.05, 3.63) is 46.3 Å². The van der Waals surface area contributed by atoms with Crippen molar-refractivity contribution in [1.82, 2.24) is 0 Å². The van der Waals surface area contributed by atoms with Crippen LogP contribution in [0.1, 0.15) is 24.8 Å². The highest BCUT2D eigenvalue weighted by Gasteiger charge is 2.58. The van der Waals surface area contributed by atoms with Gasteiger partial charge in [0.1, 0.15) is 0 Å². The van der Waals surface area contributed by atoms with Crippen LogP contribution < -0.4 is 0 Å². The fourth-order valence-electron chi connectivity index (χ4n) is 3.09. The molecule has 0 N–H and O–H groups in total. The van der Waals surface area contributed by atoms with Gasteiger partial charge in [0.25, 0.3) is 0 Å². The third-order valence-electron chi connectivity index (χ3n) is 3.93. The van der Waals surface area contributed by atoms with Gasteiger partial charge in [-0.3, -0.25) is 0 Å². The van der Waals surface area contributed by atoms with Gasteiger partial charge in [-0.2, -0.15) is 0 Å². The van der Waals surface area contributed by atoms with Crippen molar-refractivity contribution in [2.24, 2.45) is 17.0 Å². The predicted octanol–water partition coefficient (Wildman–Crippen LogP) is 3.62. The minimum Gasteiger partial charge on any atom is -0.0822 e. The van der Waals surface area contributed by atoms with Crippen LogP contribution in [-0.4, -0.2) is 0 Å². The van der Waals surface area contributed by atoms with Gasteiger partial charge in [0.15, 0.2) is 0 Å². The second kappa shape index (κ2) is 3.01. The van der Waals surface area contributed by atoms with Gasteiger partial charge in [-0.25, -0.2) is 0 Å². The molecule has 3 nitrogen and oxygen atoms in total. The summed E-state index contributed by atoms with van der Waals surface area (Å²) in [5.74, 6) is 1.42. The van der Waals surface area contributed by atoms with Crippen molar-refractivity contribution in [2.45, 2.75) is 24.8 Å². The summed E-state index contributed by atoms with van der Waals surface area (Å²) < 4.78 is 0. The van der Waals surface area contributed by atoms with E-state index in [1.54, 1.807) is 0 Å². The summed E-state index contributed by atoms with van der Waals surface area (Å²) in [4.78, 5) is 3.07. The Morgan fingerprint density at radius 3 is 2.67 bits per heavy atom. The van der Waals surface area contributed by atoms with Crippen LogP contribution >= 0.6 is 0 Å². The molecule has 0 aliphatic heterocycles. The van der Waals surface area contributed by atoms with Crippen molar-refractivity contribution in [2.75, 3.05) is 0 Å². The molecular weight excluding hydrogens is 186 g/mol. The van der Waals surface area contributed by atoms with E-state index >= 15 is 0 Å². The largest absolute Gasteiger partial charge is 0.0822 e. The van der Waals surface area contributed by atoms with E-state index in [1.807, 2.05) is 18.2 Å².